The number of nitrogens with zero attached hydrogens (tertiary/aromatic N) is 5. The Bertz CT molecular complexity index is 1460. The van der Waals surface area contributed by atoms with E-state index in [1.54, 1.807) is 35.6 Å². The van der Waals surface area contributed by atoms with Gasteiger partial charge < -0.3 is 0 Å². The van der Waals surface area contributed by atoms with Crippen molar-refractivity contribution in [3.05, 3.63) is 124 Å². The topological polar surface area (TPSA) is 73.6 Å². The minimum Gasteiger partial charge on any atom is -0.267 e. The van der Waals surface area contributed by atoms with Gasteiger partial charge in [-0.2, -0.15) is 0 Å². The van der Waals surface area contributed by atoms with Crippen LogP contribution in [0.1, 0.15) is 22.4 Å². The third-order valence-electron chi connectivity index (χ3n) is 5.08. The lowest BCUT2D eigenvalue weighted by Gasteiger charge is -2.12. The first kappa shape index (κ1) is 19.5. The predicted octanol–water partition coefficient (Wildman–Crippen LogP) is 4.33. The highest BCUT2D eigenvalue weighted by Crippen LogP contribution is 2.17. The molecule has 4 aromatic heterocycles. The molecular weight excluding hydrogens is 398 g/mol. The minimum absolute atomic E-state index is 0.185. The van der Waals surface area contributed by atoms with Crippen LogP contribution in [0.25, 0.3) is 29.0 Å². The summed E-state index contributed by atoms with van der Waals surface area (Å²) >= 11 is 0. The highest BCUT2D eigenvalue weighted by Gasteiger charge is 2.14. The largest absolute Gasteiger partial charge is 0.278 e. The Morgan fingerprint density at radius 1 is 0.812 bits per heavy atom. The van der Waals surface area contributed by atoms with Crippen LogP contribution in [0.5, 0.6) is 0 Å². The van der Waals surface area contributed by atoms with Gasteiger partial charge in [-0.1, -0.05) is 30.4 Å². The Kier molecular flexibility index (Phi) is 5.32. The summed E-state index contributed by atoms with van der Waals surface area (Å²) in [7, 11) is 0. The molecule has 6 heteroatoms. The second kappa shape index (κ2) is 8.73. The average molecular weight is 417 g/mol. The van der Waals surface area contributed by atoms with Crippen molar-refractivity contribution in [2.45, 2.75) is 6.42 Å². The average Bonchev–Trinajstić information content (AvgIpc) is 2.85. The number of fused-ring (bicyclic) bond motifs is 1. The molecule has 0 amide bonds. The lowest BCUT2D eigenvalue weighted by Crippen LogP contribution is -2.25. The molecule has 4 heterocycles. The van der Waals surface area contributed by atoms with Crippen LogP contribution in [-0.4, -0.2) is 24.5 Å². The van der Waals surface area contributed by atoms with E-state index in [1.807, 2.05) is 72.8 Å². The molecule has 0 saturated heterocycles. The van der Waals surface area contributed by atoms with Gasteiger partial charge in [0.25, 0.3) is 5.56 Å². The monoisotopic (exact) mass is 417 g/mol. The van der Waals surface area contributed by atoms with Crippen molar-refractivity contribution in [2.24, 2.45) is 0 Å². The number of rotatable bonds is 5. The van der Waals surface area contributed by atoms with Crippen molar-refractivity contribution >= 4 is 23.3 Å². The van der Waals surface area contributed by atoms with Crippen LogP contribution in [0.4, 0.5) is 0 Å². The van der Waals surface area contributed by atoms with E-state index in [0.29, 0.717) is 23.3 Å². The van der Waals surface area contributed by atoms with E-state index in [2.05, 4.69) is 19.9 Å². The first-order valence-electron chi connectivity index (χ1n) is 10.2. The second-order valence-corrected chi connectivity index (χ2v) is 7.29. The van der Waals surface area contributed by atoms with Crippen molar-refractivity contribution in [1.29, 1.82) is 0 Å². The summed E-state index contributed by atoms with van der Waals surface area (Å²) in [4.78, 5) is 30.7. The molecule has 0 saturated carbocycles. The summed E-state index contributed by atoms with van der Waals surface area (Å²) < 4.78 is 1.64. The molecule has 1 aromatic carbocycles. The zero-order chi connectivity index (χ0) is 21.8. The van der Waals surface area contributed by atoms with Gasteiger partial charge in [0.1, 0.15) is 11.2 Å². The number of hydrogen-bond acceptors (Lipinski definition) is 5. The fourth-order valence-electron chi connectivity index (χ4n) is 3.55. The van der Waals surface area contributed by atoms with Crippen molar-refractivity contribution < 1.29 is 0 Å². The van der Waals surface area contributed by atoms with Crippen LogP contribution < -0.4 is 5.56 Å². The van der Waals surface area contributed by atoms with Crippen molar-refractivity contribution in [2.75, 3.05) is 0 Å². The van der Waals surface area contributed by atoms with Gasteiger partial charge in [-0.25, -0.2) is 9.97 Å². The standard InChI is InChI=1S/C26H19N5O/c32-26-24(17-21-5-2-12-28-18-21)30-23-7-3-13-29-25(23)31(26)22-6-1-4-20(16-22)9-8-19-10-14-27-15-11-19/h1-16,18H,17H2/b9-8+. The number of benzene rings is 1. The summed E-state index contributed by atoms with van der Waals surface area (Å²) in [5.41, 5.74) is 5.17. The zero-order valence-electron chi connectivity index (χ0n) is 17.2. The van der Waals surface area contributed by atoms with E-state index in [0.717, 1.165) is 22.4 Å². The van der Waals surface area contributed by atoms with Crippen molar-refractivity contribution in [1.82, 2.24) is 24.5 Å². The Morgan fingerprint density at radius 3 is 2.50 bits per heavy atom. The predicted molar refractivity (Wildman–Crippen MR) is 125 cm³/mol. The lowest BCUT2D eigenvalue weighted by atomic mass is 10.1. The van der Waals surface area contributed by atoms with Crippen LogP contribution >= 0.6 is 0 Å². The van der Waals surface area contributed by atoms with Gasteiger partial charge in [-0.3, -0.25) is 19.3 Å². The number of aromatic nitrogens is 5. The van der Waals surface area contributed by atoms with Gasteiger partial charge >= 0.3 is 0 Å². The quantitative estimate of drug-likeness (QED) is 0.426. The summed E-state index contributed by atoms with van der Waals surface area (Å²) in [6, 6.07) is 19.2. The molecule has 32 heavy (non-hydrogen) atoms. The SMILES string of the molecule is O=c1c(Cc2cccnc2)nc2cccnc2n1-c1cccc(/C=C/c2ccncc2)c1. The molecule has 0 fully saturated rings. The van der Waals surface area contributed by atoms with E-state index in [9.17, 15) is 4.79 Å². The normalized spacial score (nSPS) is 11.2. The molecule has 0 aliphatic rings. The fourth-order valence-corrected chi connectivity index (χ4v) is 3.55. The molecule has 154 valence electrons. The van der Waals surface area contributed by atoms with Crippen LogP contribution in [0, 0.1) is 0 Å². The molecule has 5 aromatic rings. The van der Waals surface area contributed by atoms with Crippen molar-refractivity contribution in [3.8, 4) is 5.69 Å². The maximum absolute atomic E-state index is 13.5. The fraction of sp³-hybridized carbons (Fsp3) is 0.0385. The smallest absolute Gasteiger partial charge is 0.267 e. The van der Waals surface area contributed by atoms with Gasteiger partial charge in [-0.15, -0.1) is 0 Å². The van der Waals surface area contributed by atoms with Gasteiger partial charge in [0.15, 0.2) is 5.65 Å². The van der Waals surface area contributed by atoms with E-state index < -0.39 is 0 Å². The Hall–Kier alpha value is -4.45. The number of pyridine rings is 3. The molecule has 0 N–H and O–H groups in total. The zero-order valence-corrected chi connectivity index (χ0v) is 17.2. The van der Waals surface area contributed by atoms with E-state index in [1.165, 1.54) is 0 Å². The van der Waals surface area contributed by atoms with E-state index >= 15 is 0 Å². The first-order valence-corrected chi connectivity index (χ1v) is 10.2. The Labute approximate surface area is 184 Å². The van der Waals surface area contributed by atoms with Gasteiger partial charge in [0, 0.05) is 37.4 Å². The summed E-state index contributed by atoms with van der Waals surface area (Å²) in [6.07, 6.45) is 13.1. The van der Waals surface area contributed by atoms with E-state index in [4.69, 9.17) is 0 Å². The van der Waals surface area contributed by atoms with Crippen LogP contribution in [0.3, 0.4) is 0 Å². The van der Waals surface area contributed by atoms with E-state index in [-0.39, 0.29) is 5.56 Å². The lowest BCUT2D eigenvalue weighted by molar-refractivity contribution is 0.924. The Balaban J connectivity index is 1.61. The molecule has 0 unspecified atom stereocenters. The van der Waals surface area contributed by atoms with Gasteiger partial charge in [-0.05, 0) is 59.2 Å². The van der Waals surface area contributed by atoms with Crippen LogP contribution in [0.15, 0.2) is 96.4 Å². The highest BCUT2D eigenvalue weighted by molar-refractivity contribution is 5.74. The molecule has 5 rings (SSSR count). The third kappa shape index (κ3) is 4.06. The molecule has 0 aliphatic heterocycles. The molecule has 6 nitrogen and oxygen atoms in total. The molecule has 0 spiro atoms. The maximum atomic E-state index is 13.5. The minimum atomic E-state index is -0.185. The number of hydrogen-bond donors (Lipinski definition) is 0. The third-order valence-corrected chi connectivity index (χ3v) is 5.08. The highest BCUT2D eigenvalue weighted by atomic mass is 16.1. The molecule has 0 aliphatic carbocycles. The van der Waals surface area contributed by atoms with Crippen LogP contribution in [-0.2, 0) is 6.42 Å². The van der Waals surface area contributed by atoms with Crippen molar-refractivity contribution in [3.63, 3.8) is 0 Å². The molecule has 0 radical (unpaired) electrons. The molecule has 0 bridgehead atoms. The summed E-state index contributed by atoms with van der Waals surface area (Å²) in [6.45, 7) is 0. The van der Waals surface area contributed by atoms with Crippen LogP contribution in [0.2, 0.25) is 0 Å². The van der Waals surface area contributed by atoms with Gasteiger partial charge in [0.05, 0.1) is 5.69 Å². The maximum Gasteiger partial charge on any atom is 0.278 e. The summed E-state index contributed by atoms with van der Waals surface area (Å²) in [5.74, 6) is 0. The Morgan fingerprint density at radius 2 is 1.66 bits per heavy atom. The van der Waals surface area contributed by atoms with Gasteiger partial charge in [0.2, 0.25) is 0 Å². The molecule has 0 atom stereocenters. The second-order valence-electron chi connectivity index (χ2n) is 7.29. The first-order chi connectivity index (χ1) is 15.8. The molecular formula is C26H19N5O. The summed E-state index contributed by atoms with van der Waals surface area (Å²) in [5, 5.41) is 0.